The number of carbonyl (C=O) groups is 2. The van der Waals surface area contributed by atoms with E-state index in [1.165, 1.54) is 4.90 Å². The molecule has 4 heteroatoms. The molecule has 2 aliphatic rings. The van der Waals surface area contributed by atoms with E-state index in [9.17, 15) is 9.59 Å². The summed E-state index contributed by atoms with van der Waals surface area (Å²) in [5.41, 5.74) is 0. The van der Waals surface area contributed by atoms with Crippen LogP contribution in [-0.4, -0.2) is 28.9 Å². The predicted molar refractivity (Wildman–Crippen MR) is 37.9 cm³/mol. The van der Waals surface area contributed by atoms with Crippen molar-refractivity contribution < 1.29 is 9.59 Å². The number of imide groups is 1. The molecule has 0 bridgehead atoms. The number of nitrogens with one attached hydrogen (secondary N) is 1. The molecule has 2 rings (SSSR count). The maximum absolute atomic E-state index is 11.2. The first-order valence-electron chi connectivity index (χ1n) is 3.83. The highest BCUT2D eigenvalue weighted by atomic mass is 16.2. The Morgan fingerprint density at radius 1 is 1.45 bits per heavy atom. The normalized spacial score (nSPS) is 31.0. The van der Waals surface area contributed by atoms with Gasteiger partial charge in [-0.25, -0.2) is 4.79 Å². The summed E-state index contributed by atoms with van der Waals surface area (Å²) in [6.07, 6.45) is 1.96. The zero-order valence-corrected chi connectivity index (χ0v) is 6.33. The van der Waals surface area contributed by atoms with Gasteiger partial charge >= 0.3 is 6.03 Å². The summed E-state index contributed by atoms with van der Waals surface area (Å²) >= 11 is 0. The predicted octanol–water partition coefficient (Wildman–Crippen LogP) is 0.0891. The van der Waals surface area contributed by atoms with Crippen molar-refractivity contribution in [2.75, 3.05) is 0 Å². The van der Waals surface area contributed by atoms with Crippen LogP contribution in [0.15, 0.2) is 0 Å². The highest BCUT2D eigenvalue weighted by Gasteiger charge is 2.44. The van der Waals surface area contributed by atoms with Gasteiger partial charge in [-0.2, -0.15) is 0 Å². The van der Waals surface area contributed by atoms with Crippen LogP contribution < -0.4 is 5.32 Å². The molecule has 4 nitrogen and oxygen atoms in total. The summed E-state index contributed by atoms with van der Waals surface area (Å²) in [6, 6.07) is -0.333. The molecular formula is C7H10N2O2. The number of hydrogen-bond acceptors (Lipinski definition) is 2. The molecule has 0 aromatic rings. The minimum absolute atomic E-state index is 0.0718. The molecule has 0 spiro atoms. The van der Waals surface area contributed by atoms with E-state index in [-0.39, 0.29) is 24.0 Å². The minimum atomic E-state index is -0.317. The molecule has 1 atom stereocenters. The second kappa shape index (κ2) is 1.96. The molecule has 0 aromatic heterocycles. The first kappa shape index (κ1) is 6.64. The van der Waals surface area contributed by atoms with E-state index in [0.717, 1.165) is 12.8 Å². The first-order chi connectivity index (χ1) is 5.20. The molecule has 1 saturated carbocycles. The molecule has 11 heavy (non-hydrogen) atoms. The van der Waals surface area contributed by atoms with E-state index < -0.39 is 0 Å². The highest BCUT2D eigenvalue weighted by Crippen LogP contribution is 2.29. The molecule has 0 aromatic carbocycles. The Labute approximate surface area is 64.5 Å². The van der Waals surface area contributed by atoms with Crippen LogP contribution >= 0.6 is 0 Å². The molecule has 60 valence electrons. The van der Waals surface area contributed by atoms with Gasteiger partial charge in [0.15, 0.2) is 0 Å². The zero-order chi connectivity index (χ0) is 8.01. The summed E-state index contributed by atoms with van der Waals surface area (Å²) < 4.78 is 0. The van der Waals surface area contributed by atoms with Crippen molar-refractivity contribution in [3.63, 3.8) is 0 Å². The van der Waals surface area contributed by atoms with Crippen LogP contribution in [-0.2, 0) is 4.79 Å². The molecular weight excluding hydrogens is 144 g/mol. The van der Waals surface area contributed by atoms with Gasteiger partial charge in [0.25, 0.3) is 5.91 Å². The van der Waals surface area contributed by atoms with Gasteiger partial charge in [-0.1, -0.05) is 0 Å². The smallest absolute Gasteiger partial charge is 0.325 e. The fourth-order valence-corrected chi connectivity index (χ4v) is 1.30. The van der Waals surface area contributed by atoms with E-state index in [1.54, 1.807) is 6.92 Å². The van der Waals surface area contributed by atoms with Crippen molar-refractivity contribution in [2.45, 2.75) is 31.8 Å². The third kappa shape index (κ3) is 0.895. The van der Waals surface area contributed by atoms with Crippen molar-refractivity contribution in [3.8, 4) is 0 Å². The van der Waals surface area contributed by atoms with E-state index in [1.807, 2.05) is 0 Å². The Hall–Kier alpha value is -1.06. The molecule has 1 unspecified atom stereocenters. The summed E-state index contributed by atoms with van der Waals surface area (Å²) in [4.78, 5) is 23.7. The minimum Gasteiger partial charge on any atom is -0.326 e. The largest absolute Gasteiger partial charge is 0.326 e. The summed E-state index contributed by atoms with van der Waals surface area (Å²) in [5.74, 6) is -0.0718. The van der Waals surface area contributed by atoms with Gasteiger partial charge in [-0.05, 0) is 19.8 Å². The van der Waals surface area contributed by atoms with Crippen LogP contribution in [0.25, 0.3) is 0 Å². The van der Waals surface area contributed by atoms with Crippen LogP contribution in [0.5, 0.6) is 0 Å². The van der Waals surface area contributed by atoms with E-state index >= 15 is 0 Å². The number of carbonyl (C=O) groups excluding carboxylic acids is 2. The summed E-state index contributed by atoms with van der Waals surface area (Å²) in [7, 11) is 0. The molecule has 3 amide bonds. The second-order valence-corrected chi connectivity index (χ2v) is 3.11. The first-order valence-corrected chi connectivity index (χ1v) is 3.83. The maximum atomic E-state index is 11.2. The third-order valence-electron chi connectivity index (χ3n) is 2.08. The Balaban J connectivity index is 2.17. The number of amides is 3. The van der Waals surface area contributed by atoms with E-state index in [4.69, 9.17) is 0 Å². The van der Waals surface area contributed by atoms with Crippen molar-refractivity contribution in [1.82, 2.24) is 10.2 Å². The lowest BCUT2D eigenvalue weighted by atomic mass is 10.3. The molecule has 1 heterocycles. The average Bonchev–Trinajstić information content (AvgIpc) is 2.68. The lowest BCUT2D eigenvalue weighted by Gasteiger charge is -2.09. The van der Waals surface area contributed by atoms with Crippen LogP contribution in [0.4, 0.5) is 4.79 Å². The monoisotopic (exact) mass is 154 g/mol. The summed E-state index contributed by atoms with van der Waals surface area (Å²) in [6.45, 7) is 1.71. The molecule has 1 N–H and O–H groups in total. The second-order valence-electron chi connectivity index (χ2n) is 3.11. The fraction of sp³-hybridized carbons (Fsp3) is 0.714. The van der Waals surface area contributed by atoms with Gasteiger partial charge in [-0.3, -0.25) is 9.69 Å². The number of urea groups is 1. The maximum Gasteiger partial charge on any atom is 0.325 e. The Bertz CT molecular complexity index is 222. The Morgan fingerprint density at radius 3 is 2.45 bits per heavy atom. The SMILES string of the molecule is CC1NC(=O)N(C2CC2)C1=O. The summed E-state index contributed by atoms with van der Waals surface area (Å²) in [5, 5.41) is 2.58. The zero-order valence-electron chi connectivity index (χ0n) is 6.33. The lowest BCUT2D eigenvalue weighted by molar-refractivity contribution is -0.127. The van der Waals surface area contributed by atoms with Crippen molar-refractivity contribution >= 4 is 11.9 Å². The number of hydrogen-bond donors (Lipinski definition) is 1. The van der Waals surface area contributed by atoms with Gasteiger partial charge in [0.1, 0.15) is 6.04 Å². The van der Waals surface area contributed by atoms with Crippen molar-refractivity contribution in [3.05, 3.63) is 0 Å². The van der Waals surface area contributed by atoms with Crippen molar-refractivity contribution in [1.29, 1.82) is 0 Å². The topological polar surface area (TPSA) is 49.4 Å². The van der Waals surface area contributed by atoms with Gasteiger partial charge < -0.3 is 5.32 Å². The molecule has 0 radical (unpaired) electrons. The van der Waals surface area contributed by atoms with Gasteiger partial charge in [-0.15, -0.1) is 0 Å². The van der Waals surface area contributed by atoms with Crippen molar-refractivity contribution in [2.24, 2.45) is 0 Å². The molecule has 2 fully saturated rings. The molecule has 1 aliphatic carbocycles. The van der Waals surface area contributed by atoms with Crippen LogP contribution in [0.2, 0.25) is 0 Å². The Morgan fingerprint density at radius 2 is 2.09 bits per heavy atom. The van der Waals surface area contributed by atoms with E-state index in [2.05, 4.69) is 5.32 Å². The standard InChI is InChI=1S/C7H10N2O2/c1-4-6(10)9(5-2-3-5)7(11)8-4/h4-5H,2-3H2,1H3,(H,8,11). The lowest BCUT2D eigenvalue weighted by Crippen LogP contribution is -2.33. The highest BCUT2D eigenvalue weighted by molar-refractivity contribution is 6.04. The van der Waals surface area contributed by atoms with Crippen LogP contribution in [0, 0.1) is 0 Å². The molecule has 1 aliphatic heterocycles. The fourth-order valence-electron chi connectivity index (χ4n) is 1.30. The Kier molecular flexibility index (Phi) is 1.19. The van der Waals surface area contributed by atoms with Crippen LogP contribution in [0.1, 0.15) is 19.8 Å². The number of rotatable bonds is 1. The van der Waals surface area contributed by atoms with E-state index in [0.29, 0.717) is 0 Å². The van der Waals surface area contributed by atoms with Gasteiger partial charge in [0.05, 0.1) is 0 Å². The third-order valence-corrected chi connectivity index (χ3v) is 2.08. The molecule has 1 saturated heterocycles. The van der Waals surface area contributed by atoms with Crippen LogP contribution in [0.3, 0.4) is 0 Å². The quantitative estimate of drug-likeness (QED) is 0.544. The number of nitrogens with zero attached hydrogens (tertiary/aromatic N) is 1. The van der Waals surface area contributed by atoms with Gasteiger partial charge in [0, 0.05) is 6.04 Å². The van der Waals surface area contributed by atoms with Gasteiger partial charge in [0.2, 0.25) is 0 Å². The average molecular weight is 154 g/mol.